The van der Waals surface area contributed by atoms with E-state index < -0.39 is 29.8 Å². The van der Waals surface area contributed by atoms with Gasteiger partial charge in [-0.05, 0) is 30.5 Å². The number of rotatable bonds is 7. The van der Waals surface area contributed by atoms with E-state index in [1.807, 2.05) is 73.0 Å². The smallest absolute Gasteiger partial charge is 0.167 e. The minimum Gasteiger partial charge on any atom is -0.382 e. The lowest BCUT2D eigenvalue weighted by atomic mass is 9.80. The fourth-order valence-corrected chi connectivity index (χ4v) is 6.05. The van der Waals surface area contributed by atoms with Crippen molar-refractivity contribution in [2.45, 2.75) is 49.8 Å². The molecule has 2 aromatic heterocycles. The number of ether oxygens (including phenoxy) is 4. The van der Waals surface area contributed by atoms with Crippen molar-refractivity contribution in [3.63, 3.8) is 0 Å². The summed E-state index contributed by atoms with van der Waals surface area (Å²) in [6, 6.07) is 30.8. The predicted octanol–water partition coefficient (Wildman–Crippen LogP) is 4.83. The molecular formula is C32H31N5O4. The third-order valence-electron chi connectivity index (χ3n) is 7.79. The van der Waals surface area contributed by atoms with Crippen molar-refractivity contribution in [3.8, 4) is 0 Å². The van der Waals surface area contributed by atoms with E-state index in [1.165, 1.54) is 6.33 Å². The number of hydrogen-bond acceptors (Lipinski definition) is 8. The fraction of sp³-hybridized carbons (Fsp3) is 0.281. The summed E-state index contributed by atoms with van der Waals surface area (Å²) in [4.78, 5) is 12.9. The van der Waals surface area contributed by atoms with Gasteiger partial charge in [-0.15, -0.1) is 0 Å². The summed E-state index contributed by atoms with van der Waals surface area (Å²) in [5, 5.41) is 0. The van der Waals surface area contributed by atoms with Crippen LogP contribution in [0.4, 0.5) is 5.82 Å². The molecule has 5 aromatic rings. The Morgan fingerprint density at radius 1 is 0.805 bits per heavy atom. The highest BCUT2D eigenvalue weighted by atomic mass is 16.8. The van der Waals surface area contributed by atoms with E-state index >= 15 is 0 Å². The molecule has 0 amide bonds. The van der Waals surface area contributed by atoms with Crippen molar-refractivity contribution < 1.29 is 18.9 Å². The lowest BCUT2D eigenvalue weighted by Crippen LogP contribution is -2.39. The van der Waals surface area contributed by atoms with Crippen molar-refractivity contribution in [2.75, 3.05) is 12.3 Å². The van der Waals surface area contributed by atoms with Crippen LogP contribution < -0.4 is 5.73 Å². The van der Waals surface area contributed by atoms with Crippen molar-refractivity contribution in [3.05, 3.63) is 120 Å². The number of hydrogen-bond donors (Lipinski definition) is 1. The minimum absolute atomic E-state index is 0.236. The monoisotopic (exact) mass is 549 g/mol. The van der Waals surface area contributed by atoms with Gasteiger partial charge in [0, 0.05) is 0 Å². The number of nitrogens with two attached hydrogens (primary N) is 1. The van der Waals surface area contributed by atoms with E-state index in [0.717, 1.165) is 16.7 Å². The molecule has 7 rings (SSSR count). The van der Waals surface area contributed by atoms with Crippen molar-refractivity contribution >= 4 is 17.0 Å². The molecule has 2 saturated heterocycles. The maximum atomic E-state index is 7.09. The molecule has 2 aliphatic heterocycles. The van der Waals surface area contributed by atoms with Gasteiger partial charge >= 0.3 is 0 Å². The van der Waals surface area contributed by atoms with E-state index in [2.05, 4.69) is 51.4 Å². The number of anilines is 1. The standard InChI is InChI=1S/C32H31N5O4/c1-31(2)40-26-24(39-30(27(26)41-31)37-20-36-25-28(33)34-19-35-29(25)37)18-38-32(21-12-6-3-7-13-21,22-14-8-4-9-15-22)23-16-10-5-11-17-23/h3-17,19-20,24,26-27,30H,18H2,1-2H3,(H2,33,34,35)/t24-,26-,27-,30-/m1/s1. The summed E-state index contributed by atoms with van der Waals surface area (Å²) in [5.41, 5.74) is 9.30. The van der Waals surface area contributed by atoms with Crippen LogP contribution in [0.1, 0.15) is 36.8 Å². The number of imidazole rings is 1. The number of nitrogens with zero attached hydrogens (tertiary/aromatic N) is 4. The summed E-state index contributed by atoms with van der Waals surface area (Å²) in [6.45, 7) is 4.06. The Kier molecular flexibility index (Phi) is 6.32. The molecule has 0 saturated carbocycles. The predicted molar refractivity (Wildman–Crippen MR) is 153 cm³/mol. The SMILES string of the molecule is CC1(C)O[C@@H]2[C@H](O1)[C@@H](COC(c1ccccc1)(c1ccccc1)c1ccccc1)O[C@H]2n1cnc2c(N)ncnc21. The Morgan fingerprint density at radius 3 is 1.95 bits per heavy atom. The van der Waals surface area contributed by atoms with Crippen LogP contribution in [-0.2, 0) is 24.5 Å². The normalized spacial score (nSPS) is 23.6. The van der Waals surface area contributed by atoms with E-state index in [0.29, 0.717) is 17.0 Å². The molecule has 0 aliphatic carbocycles. The first kappa shape index (κ1) is 25.8. The molecule has 3 aromatic carbocycles. The summed E-state index contributed by atoms with van der Waals surface area (Å²) in [6.07, 6.45) is 1.30. The molecule has 0 spiro atoms. The lowest BCUT2D eigenvalue weighted by Gasteiger charge is -2.37. The highest BCUT2D eigenvalue weighted by molar-refractivity contribution is 5.81. The molecule has 9 nitrogen and oxygen atoms in total. The zero-order valence-electron chi connectivity index (χ0n) is 22.8. The Labute approximate surface area is 237 Å². The number of benzene rings is 3. The number of nitrogen functional groups attached to an aromatic ring is 1. The lowest BCUT2D eigenvalue weighted by molar-refractivity contribution is -0.204. The van der Waals surface area contributed by atoms with Crippen LogP contribution in [0.2, 0.25) is 0 Å². The summed E-state index contributed by atoms with van der Waals surface area (Å²) in [5.74, 6) is -0.486. The molecule has 0 bridgehead atoms. The van der Waals surface area contributed by atoms with Gasteiger partial charge in [0.15, 0.2) is 23.5 Å². The Balaban J connectivity index is 1.28. The zero-order valence-corrected chi connectivity index (χ0v) is 22.8. The van der Waals surface area contributed by atoms with Crippen LogP contribution in [0.25, 0.3) is 11.2 Å². The van der Waals surface area contributed by atoms with Gasteiger partial charge in [0.1, 0.15) is 35.8 Å². The molecule has 9 heteroatoms. The van der Waals surface area contributed by atoms with E-state index in [4.69, 9.17) is 24.7 Å². The van der Waals surface area contributed by atoms with E-state index in [1.54, 1.807) is 6.33 Å². The first-order valence-corrected chi connectivity index (χ1v) is 13.7. The number of aromatic nitrogens is 4. The van der Waals surface area contributed by atoms with Crippen LogP contribution in [-0.4, -0.2) is 50.2 Å². The minimum atomic E-state index is -0.890. The van der Waals surface area contributed by atoms with Gasteiger partial charge in [0.25, 0.3) is 0 Å². The van der Waals surface area contributed by atoms with Crippen LogP contribution in [0.3, 0.4) is 0 Å². The van der Waals surface area contributed by atoms with Crippen LogP contribution in [0, 0.1) is 0 Å². The third kappa shape index (κ3) is 4.38. The molecule has 0 radical (unpaired) electrons. The van der Waals surface area contributed by atoms with Gasteiger partial charge in [-0.1, -0.05) is 91.0 Å². The van der Waals surface area contributed by atoms with Crippen molar-refractivity contribution in [1.82, 2.24) is 19.5 Å². The van der Waals surface area contributed by atoms with Crippen LogP contribution >= 0.6 is 0 Å². The van der Waals surface area contributed by atoms with Crippen LogP contribution in [0.15, 0.2) is 104 Å². The van der Waals surface area contributed by atoms with Gasteiger partial charge in [0.2, 0.25) is 0 Å². The Hall–Kier alpha value is -4.15. The van der Waals surface area contributed by atoms with Gasteiger partial charge in [0.05, 0.1) is 12.9 Å². The van der Waals surface area contributed by atoms with Crippen LogP contribution in [0.5, 0.6) is 0 Å². The average Bonchev–Trinajstić information content (AvgIpc) is 3.67. The van der Waals surface area contributed by atoms with Gasteiger partial charge in [-0.25, -0.2) is 15.0 Å². The van der Waals surface area contributed by atoms with Crippen molar-refractivity contribution in [1.29, 1.82) is 0 Å². The fourth-order valence-electron chi connectivity index (χ4n) is 6.05. The molecule has 41 heavy (non-hydrogen) atoms. The third-order valence-corrected chi connectivity index (χ3v) is 7.79. The van der Waals surface area contributed by atoms with Gasteiger partial charge in [-0.2, -0.15) is 0 Å². The average molecular weight is 550 g/mol. The topological polar surface area (TPSA) is 107 Å². The first-order valence-electron chi connectivity index (χ1n) is 13.7. The van der Waals surface area contributed by atoms with E-state index in [-0.39, 0.29) is 12.7 Å². The molecule has 0 unspecified atom stereocenters. The van der Waals surface area contributed by atoms with E-state index in [9.17, 15) is 0 Å². The Bertz CT molecular complexity index is 1550. The second kappa shape index (κ2) is 10.0. The highest BCUT2D eigenvalue weighted by Gasteiger charge is 2.57. The largest absolute Gasteiger partial charge is 0.382 e. The van der Waals surface area contributed by atoms with Crippen molar-refractivity contribution in [2.24, 2.45) is 0 Å². The second-order valence-electron chi connectivity index (χ2n) is 10.8. The molecule has 208 valence electrons. The molecule has 2 fully saturated rings. The summed E-state index contributed by atoms with van der Waals surface area (Å²) < 4.78 is 28.4. The molecule has 2 aliphatic rings. The summed E-state index contributed by atoms with van der Waals surface area (Å²) >= 11 is 0. The maximum absolute atomic E-state index is 7.09. The maximum Gasteiger partial charge on any atom is 0.167 e. The molecule has 4 heterocycles. The number of fused-ring (bicyclic) bond motifs is 2. The second-order valence-corrected chi connectivity index (χ2v) is 10.8. The molecular weight excluding hydrogens is 518 g/mol. The zero-order chi connectivity index (χ0) is 28.0. The quantitative estimate of drug-likeness (QED) is 0.288. The molecule has 4 atom stereocenters. The van der Waals surface area contributed by atoms with Gasteiger partial charge in [-0.3, -0.25) is 4.57 Å². The van der Waals surface area contributed by atoms with Gasteiger partial charge < -0.3 is 24.7 Å². The Morgan fingerprint density at radius 2 is 1.37 bits per heavy atom. The summed E-state index contributed by atoms with van der Waals surface area (Å²) in [7, 11) is 0. The first-order chi connectivity index (χ1) is 20.0. The molecule has 2 N–H and O–H groups in total. The highest BCUT2D eigenvalue weighted by Crippen LogP contribution is 2.46.